The van der Waals surface area contributed by atoms with Gasteiger partial charge in [0.1, 0.15) is 24.0 Å². The lowest BCUT2D eigenvalue weighted by Gasteiger charge is -2.45. The van der Waals surface area contributed by atoms with Gasteiger partial charge in [-0.05, 0) is 37.2 Å². The van der Waals surface area contributed by atoms with Gasteiger partial charge >= 0.3 is 0 Å². The summed E-state index contributed by atoms with van der Waals surface area (Å²) in [6.45, 7) is 6.17. The predicted molar refractivity (Wildman–Crippen MR) is 141 cm³/mol. The topological polar surface area (TPSA) is 109 Å². The van der Waals surface area contributed by atoms with Crippen molar-refractivity contribution in [3.05, 3.63) is 59.8 Å². The van der Waals surface area contributed by atoms with Crippen LogP contribution in [0, 0.1) is 12.7 Å². The van der Waals surface area contributed by atoms with Crippen molar-refractivity contribution in [3.63, 3.8) is 0 Å². The molecule has 2 fully saturated rings. The van der Waals surface area contributed by atoms with Crippen LogP contribution in [-0.4, -0.2) is 81.2 Å². The molecule has 0 saturated carbocycles. The zero-order valence-corrected chi connectivity index (χ0v) is 21.3. The summed E-state index contributed by atoms with van der Waals surface area (Å²) >= 11 is 0. The van der Waals surface area contributed by atoms with Gasteiger partial charge in [-0.3, -0.25) is 0 Å². The van der Waals surface area contributed by atoms with Gasteiger partial charge in [-0.25, -0.2) is 9.07 Å². The molecule has 3 aliphatic rings. The summed E-state index contributed by atoms with van der Waals surface area (Å²) in [4.78, 5) is 15.2. The van der Waals surface area contributed by atoms with Crippen LogP contribution in [0.15, 0.2) is 42.7 Å². The molecule has 0 bridgehead atoms. The Bertz CT molecular complexity index is 1310. The maximum atomic E-state index is 13.8. The summed E-state index contributed by atoms with van der Waals surface area (Å²) in [6.07, 6.45) is 6.52. The number of halogens is 2. The number of aliphatic hydroxyl groups excluding tert-OH is 1. The van der Waals surface area contributed by atoms with Crippen LogP contribution in [0.3, 0.4) is 0 Å². The van der Waals surface area contributed by atoms with Crippen molar-refractivity contribution >= 4 is 29.9 Å². The molecule has 196 valence electrons. The van der Waals surface area contributed by atoms with Gasteiger partial charge in [0.2, 0.25) is 5.95 Å². The van der Waals surface area contributed by atoms with Crippen molar-refractivity contribution in [3.8, 4) is 11.6 Å². The average molecular weight is 529 g/mol. The molecule has 12 heteroatoms. The van der Waals surface area contributed by atoms with Crippen LogP contribution in [0.5, 0.6) is 5.75 Å². The second kappa shape index (κ2) is 10.1. The van der Waals surface area contributed by atoms with Gasteiger partial charge in [0, 0.05) is 50.6 Å². The number of piperazine rings is 1. The highest BCUT2D eigenvalue weighted by atomic mass is 35.5. The summed E-state index contributed by atoms with van der Waals surface area (Å²) in [7, 11) is 0. The van der Waals surface area contributed by atoms with E-state index in [1.807, 2.05) is 24.1 Å². The molecule has 0 amide bonds. The predicted octanol–water partition coefficient (Wildman–Crippen LogP) is 1.93. The van der Waals surface area contributed by atoms with E-state index in [2.05, 4.69) is 37.1 Å². The number of benzene rings is 1. The number of hydrogen-bond acceptors (Lipinski definition) is 9. The van der Waals surface area contributed by atoms with Gasteiger partial charge in [0.05, 0.1) is 24.0 Å². The first-order valence-electron chi connectivity index (χ1n) is 12.2. The van der Waals surface area contributed by atoms with Crippen LogP contribution in [0.2, 0.25) is 0 Å². The molecule has 3 N–H and O–H groups in total. The molecule has 0 radical (unpaired) electrons. The zero-order chi connectivity index (χ0) is 24.8. The maximum absolute atomic E-state index is 13.8. The number of nitrogen functional groups attached to an aromatic ring is 1. The molecule has 0 spiro atoms. The van der Waals surface area contributed by atoms with Gasteiger partial charge in [-0.2, -0.15) is 15.1 Å². The van der Waals surface area contributed by atoms with Crippen LogP contribution >= 0.6 is 12.4 Å². The highest BCUT2D eigenvalue weighted by Gasteiger charge is 2.32. The van der Waals surface area contributed by atoms with E-state index in [4.69, 9.17) is 10.5 Å². The second-order valence-electron chi connectivity index (χ2n) is 9.52. The quantitative estimate of drug-likeness (QED) is 0.513. The zero-order valence-electron chi connectivity index (χ0n) is 20.5. The van der Waals surface area contributed by atoms with Gasteiger partial charge < -0.3 is 30.3 Å². The number of hydrogen-bond donors (Lipinski definition) is 2. The molecule has 1 atom stereocenters. The van der Waals surface area contributed by atoms with Crippen LogP contribution in [0.4, 0.5) is 21.8 Å². The van der Waals surface area contributed by atoms with Crippen molar-refractivity contribution < 1.29 is 14.2 Å². The fourth-order valence-electron chi connectivity index (χ4n) is 5.05. The van der Waals surface area contributed by atoms with Crippen LogP contribution < -0.4 is 20.3 Å². The van der Waals surface area contributed by atoms with E-state index >= 15 is 0 Å². The number of anilines is 3. The average Bonchev–Trinajstić information content (AvgIpc) is 3.21. The minimum atomic E-state index is -0.332. The first-order valence-corrected chi connectivity index (χ1v) is 12.2. The third-order valence-electron chi connectivity index (χ3n) is 7.06. The lowest BCUT2D eigenvalue weighted by Crippen LogP contribution is -2.55. The summed E-state index contributed by atoms with van der Waals surface area (Å²) in [5.41, 5.74) is 8.87. The number of aromatic nitrogens is 4. The third-order valence-corrected chi connectivity index (χ3v) is 7.06. The Kier molecular flexibility index (Phi) is 6.82. The standard InChI is InChI=1S/C25H29FN8O2.ClH/c1-16-17(11-28-34(16)24-10-23(29-25(27)30-24)32-13-20(35)14-32)3-2-6-31-7-8-33-19(12-31)15-36-22-5-4-18(26)9-21(22)33;/h2,4-6,9-11,19-20,35H,3,7-8,12-15H2,1H3,(H2,27,29,30);1H. The first-order chi connectivity index (χ1) is 17.4. The normalized spacial score (nSPS) is 19.2. The fraction of sp³-hybridized carbons (Fsp3) is 0.400. The van der Waals surface area contributed by atoms with Crippen molar-refractivity contribution in [2.45, 2.75) is 25.5 Å². The number of aliphatic hydroxyl groups is 1. The number of rotatable bonds is 5. The molecule has 2 aromatic heterocycles. The highest BCUT2D eigenvalue weighted by Crippen LogP contribution is 2.35. The molecule has 10 nitrogen and oxygen atoms in total. The van der Waals surface area contributed by atoms with E-state index in [9.17, 15) is 9.50 Å². The maximum Gasteiger partial charge on any atom is 0.224 e. The number of β-amino-alcohol motifs (C(OH)–C–C–N with tert-alkyl or cyclic N) is 1. The molecule has 3 aliphatic heterocycles. The molecular formula is C25H30ClFN8O2. The van der Waals surface area contributed by atoms with Gasteiger partial charge in [-0.1, -0.05) is 6.08 Å². The minimum Gasteiger partial charge on any atom is -0.489 e. The Morgan fingerprint density at radius 3 is 2.78 bits per heavy atom. The van der Waals surface area contributed by atoms with E-state index in [-0.39, 0.29) is 36.3 Å². The fourth-order valence-corrected chi connectivity index (χ4v) is 5.05. The summed E-state index contributed by atoms with van der Waals surface area (Å²) in [6, 6.07) is 6.75. The molecule has 6 rings (SSSR count). The number of nitrogens with zero attached hydrogens (tertiary/aromatic N) is 7. The van der Waals surface area contributed by atoms with Crippen LogP contribution in [0.25, 0.3) is 5.82 Å². The van der Waals surface area contributed by atoms with Crippen LogP contribution in [0.1, 0.15) is 11.3 Å². The lowest BCUT2D eigenvalue weighted by atomic mass is 10.1. The van der Waals surface area contributed by atoms with Gasteiger partial charge in [-0.15, -0.1) is 12.4 Å². The Morgan fingerprint density at radius 2 is 1.97 bits per heavy atom. The molecule has 1 unspecified atom stereocenters. The van der Waals surface area contributed by atoms with E-state index in [1.54, 1.807) is 16.8 Å². The van der Waals surface area contributed by atoms with E-state index in [1.165, 1.54) is 6.07 Å². The Labute approximate surface area is 220 Å². The van der Waals surface area contributed by atoms with E-state index in [0.717, 1.165) is 48.7 Å². The van der Waals surface area contributed by atoms with E-state index in [0.29, 0.717) is 31.3 Å². The third kappa shape index (κ3) is 4.88. The highest BCUT2D eigenvalue weighted by molar-refractivity contribution is 5.85. The molecule has 0 aliphatic carbocycles. The first kappa shape index (κ1) is 25.1. The molecule has 3 aromatic rings. The summed E-state index contributed by atoms with van der Waals surface area (Å²) in [5.74, 6) is 1.99. The number of ether oxygens (including phenoxy) is 1. The largest absolute Gasteiger partial charge is 0.489 e. The molecule has 1 aromatic carbocycles. The van der Waals surface area contributed by atoms with Crippen molar-refractivity contribution in [2.24, 2.45) is 0 Å². The van der Waals surface area contributed by atoms with Gasteiger partial charge in [0.25, 0.3) is 0 Å². The van der Waals surface area contributed by atoms with Crippen molar-refractivity contribution in [1.82, 2.24) is 24.6 Å². The van der Waals surface area contributed by atoms with E-state index < -0.39 is 0 Å². The van der Waals surface area contributed by atoms with Crippen molar-refractivity contribution in [2.75, 3.05) is 54.9 Å². The molecule has 37 heavy (non-hydrogen) atoms. The number of allylic oxidation sites excluding steroid dienone is 1. The van der Waals surface area contributed by atoms with Gasteiger partial charge in [0.15, 0.2) is 5.82 Å². The summed E-state index contributed by atoms with van der Waals surface area (Å²) in [5, 5.41) is 14.1. The lowest BCUT2D eigenvalue weighted by molar-refractivity contribution is 0.141. The second-order valence-corrected chi connectivity index (χ2v) is 9.52. The number of nitrogens with two attached hydrogens (primary N) is 1. The SMILES string of the molecule is Cc1c(CC=CN2CCN3c4cc(F)ccc4OCC3C2)cnn1-c1cc(N2CC(O)C2)nc(N)n1.Cl. The monoisotopic (exact) mass is 528 g/mol. The Morgan fingerprint density at radius 1 is 1.16 bits per heavy atom. The summed E-state index contributed by atoms with van der Waals surface area (Å²) < 4.78 is 21.4. The smallest absolute Gasteiger partial charge is 0.224 e. The molecule has 5 heterocycles. The van der Waals surface area contributed by atoms with Crippen LogP contribution in [-0.2, 0) is 6.42 Å². The Balaban J connectivity index is 0.00000280. The van der Waals surface area contributed by atoms with Crippen molar-refractivity contribution in [1.29, 1.82) is 0 Å². The number of fused-ring (bicyclic) bond motifs is 3. The molecule has 2 saturated heterocycles. The Hall–Kier alpha value is -3.57. The minimum absolute atomic E-state index is 0. The molecular weight excluding hydrogens is 499 g/mol.